The summed E-state index contributed by atoms with van der Waals surface area (Å²) in [4.78, 5) is 0. The standard InChI is InChI=1S/C28H30N/c1-18(2)23-12-15-26-27(17-23)20(4)21(5)29(6)28(26)25-14-13-24(16-19(25)3)22-10-8-7-9-11-22/h7-18H,1-6H3/q+1. The van der Waals surface area contributed by atoms with Gasteiger partial charge in [0.25, 0.3) is 0 Å². The lowest BCUT2D eigenvalue weighted by Gasteiger charge is -2.15. The highest BCUT2D eigenvalue weighted by Crippen LogP contribution is 2.34. The topological polar surface area (TPSA) is 3.88 Å². The van der Waals surface area contributed by atoms with E-state index in [1.165, 1.54) is 55.5 Å². The molecule has 0 saturated heterocycles. The summed E-state index contributed by atoms with van der Waals surface area (Å²) in [5, 5.41) is 2.70. The van der Waals surface area contributed by atoms with Gasteiger partial charge in [0.1, 0.15) is 7.05 Å². The van der Waals surface area contributed by atoms with Gasteiger partial charge < -0.3 is 0 Å². The van der Waals surface area contributed by atoms with E-state index in [1.54, 1.807) is 0 Å². The molecule has 0 bridgehead atoms. The molecular weight excluding hydrogens is 350 g/mol. The molecule has 1 heteroatoms. The van der Waals surface area contributed by atoms with Crippen LogP contribution >= 0.6 is 0 Å². The van der Waals surface area contributed by atoms with Gasteiger partial charge in [-0.2, -0.15) is 4.57 Å². The quantitative estimate of drug-likeness (QED) is 0.335. The van der Waals surface area contributed by atoms with Crippen LogP contribution in [-0.2, 0) is 7.05 Å². The van der Waals surface area contributed by atoms with Crippen LogP contribution in [0.15, 0.2) is 66.7 Å². The van der Waals surface area contributed by atoms with Crippen LogP contribution in [0.3, 0.4) is 0 Å². The molecule has 0 radical (unpaired) electrons. The van der Waals surface area contributed by atoms with Crippen molar-refractivity contribution in [3.8, 4) is 22.4 Å². The Morgan fingerprint density at radius 2 is 1.45 bits per heavy atom. The molecule has 0 aliphatic carbocycles. The van der Waals surface area contributed by atoms with E-state index < -0.39 is 0 Å². The Kier molecular flexibility index (Phi) is 5.00. The lowest BCUT2D eigenvalue weighted by atomic mass is 9.91. The average molecular weight is 381 g/mol. The number of benzene rings is 3. The molecule has 0 atom stereocenters. The number of aromatic nitrogens is 1. The number of hydrogen-bond donors (Lipinski definition) is 0. The summed E-state index contributed by atoms with van der Waals surface area (Å²) in [5.41, 5.74) is 10.5. The third-order valence-corrected chi connectivity index (χ3v) is 6.34. The number of nitrogens with zero attached hydrogens (tertiary/aromatic N) is 1. The van der Waals surface area contributed by atoms with Crippen LogP contribution in [0, 0.1) is 20.8 Å². The van der Waals surface area contributed by atoms with Crippen LogP contribution in [0.25, 0.3) is 33.2 Å². The predicted molar refractivity (Wildman–Crippen MR) is 124 cm³/mol. The molecule has 3 aromatic carbocycles. The van der Waals surface area contributed by atoms with Crippen molar-refractivity contribution in [3.05, 3.63) is 89.1 Å². The molecule has 0 saturated carbocycles. The van der Waals surface area contributed by atoms with E-state index in [4.69, 9.17) is 0 Å². The first-order chi connectivity index (χ1) is 13.9. The molecule has 0 N–H and O–H groups in total. The first kappa shape index (κ1) is 19.4. The molecule has 0 aliphatic heterocycles. The minimum atomic E-state index is 0.531. The fraction of sp³-hybridized carbons (Fsp3) is 0.250. The second kappa shape index (κ2) is 7.48. The van der Waals surface area contributed by atoms with Gasteiger partial charge >= 0.3 is 0 Å². The van der Waals surface area contributed by atoms with Crippen molar-refractivity contribution >= 4 is 10.8 Å². The molecule has 29 heavy (non-hydrogen) atoms. The molecule has 0 fully saturated rings. The van der Waals surface area contributed by atoms with E-state index in [1.807, 2.05) is 0 Å². The Balaban J connectivity index is 1.96. The maximum absolute atomic E-state index is 2.39. The van der Waals surface area contributed by atoms with Gasteiger partial charge in [-0.1, -0.05) is 68.4 Å². The van der Waals surface area contributed by atoms with Gasteiger partial charge in [-0.3, -0.25) is 0 Å². The van der Waals surface area contributed by atoms with Gasteiger partial charge in [0.15, 0.2) is 5.69 Å². The molecule has 1 heterocycles. The molecule has 4 rings (SSSR count). The zero-order chi connectivity index (χ0) is 20.7. The SMILES string of the molecule is Cc1cc(-c2ccccc2)ccc1-c1c2ccc(C(C)C)cc2c(C)c(C)[n+]1C. The summed E-state index contributed by atoms with van der Waals surface area (Å²) in [6, 6.07) is 24.5. The van der Waals surface area contributed by atoms with Crippen molar-refractivity contribution in [1.82, 2.24) is 0 Å². The van der Waals surface area contributed by atoms with E-state index in [2.05, 4.69) is 113 Å². The average Bonchev–Trinajstić information content (AvgIpc) is 2.73. The number of rotatable bonds is 3. The Morgan fingerprint density at radius 3 is 2.10 bits per heavy atom. The van der Waals surface area contributed by atoms with E-state index in [-0.39, 0.29) is 0 Å². The number of fused-ring (bicyclic) bond motifs is 1. The molecular formula is C28H30N+. The van der Waals surface area contributed by atoms with Crippen LogP contribution in [-0.4, -0.2) is 0 Å². The number of hydrogen-bond acceptors (Lipinski definition) is 0. The molecule has 0 spiro atoms. The van der Waals surface area contributed by atoms with Gasteiger partial charge in [-0.25, -0.2) is 0 Å². The highest BCUT2D eigenvalue weighted by Gasteiger charge is 2.23. The van der Waals surface area contributed by atoms with Gasteiger partial charge in [-0.05, 0) is 59.5 Å². The molecule has 0 amide bonds. The van der Waals surface area contributed by atoms with Crippen LogP contribution in [0.1, 0.15) is 42.1 Å². The Morgan fingerprint density at radius 1 is 0.724 bits per heavy atom. The minimum absolute atomic E-state index is 0.531. The fourth-order valence-electron chi connectivity index (χ4n) is 4.30. The maximum Gasteiger partial charge on any atom is 0.220 e. The highest BCUT2D eigenvalue weighted by molar-refractivity contribution is 5.96. The molecule has 4 aromatic rings. The van der Waals surface area contributed by atoms with Gasteiger partial charge in [-0.15, -0.1) is 0 Å². The molecule has 146 valence electrons. The summed E-state index contributed by atoms with van der Waals surface area (Å²) >= 11 is 0. The summed E-state index contributed by atoms with van der Waals surface area (Å²) in [6.07, 6.45) is 0. The van der Waals surface area contributed by atoms with Crippen LogP contribution in [0.2, 0.25) is 0 Å². The fourth-order valence-corrected chi connectivity index (χ4v) is 4.30. The highest BCUT2D eigenvalue weighted by atomic mass is 14.9. The number of pyridine rings is 1. The molecule has 1 aromatic heterocycles. The van der Waals surface area contributed by atoms with Crippen molar-refractivity contribution in [2.75, 3.05) is 0 Å². The van der Waals surface area contributed by atoms with Crippen LogP contribution < -0.4 is 4.57 Å². The summed E-state index contributed by atoms with van der Waals surface area (Å²) in [5.74, 6) is 0.531. The lowest BCUT2D eigenvalue weighted by molar-refractivity contribution is -0.665. The van der Waals surface area contributed by atoms with E-state index in [0.717, 1.165) is 0 Å². The molecule has 1 nitrogen and oxygen atoms in total. The van der Waals surface area contributed by atoms with E-state index in [9.17, 15) is 0 Å². The number of aryl methyl sites for hydroxylation is 2. The monoisotopic (exact) mass is 380 g/mol. The third kappa shape index (κ3) is 3.35. The zero-order valence-electron chi connectivity index (χ0n) is 18.4. The van der Waals surface area contributed by atoms with E-state index in [0.29, 0.717) is 5.92 Å². The Bertz CT molecular complexity index is 1200. The minimum Gasteiger partial charge on any atom is -0.198 e. The second-order valence-electron chi connectivity index (χ2n) is 8.47. The summed E-state index contributed by atoms with van der Waals surface area (Å²) in [6.45, 7) is 11.2. The van der Waals surface area contributed by atoms with E-state index >= 15 is 0 Å². The maximum atomic E-state index is 2.39. The normalized spacial score (nSPS) is 11.4. The largest absolute Gasteiger partial charge is 0.220 e. The molecule has 0 aliphatic rings. The van der Waals surface area contributed by atoms with Crippen LogP contribution in [0.5, 0.6) is 0 Å². The van der Waals surface area contributed by atoms with Crippen molar-refractivity contribution in [2.24, 2.45) is 7.05 Å². The van der Waals surface area contributed by atoms with Crippen molar-refractivity contribution < 1.29 is 4.57 Å². The zero-order valence-corrected chi connectivity index (χ0v) is 18.4. The summed E-state index contributed by atoms with van der Waals surface area (Å²) < 4.78 is 2.36. The first-order valence-corrected chi connectivity index (χ1v) is 10.5. The first-order valence-electron chi connectivity index (χ1n) is 10.5. The van der Waals surface area contributed by atoms with Gasteiger partial charge in [0, 0.05) is 18.1 Å². The van der Waals surface area contributed by atoms with Gasteiger partial charge in [0.2, 0.25) is 5.69 Å². The second-order valence-corrected chi connectivity index (χ2v) is 8.47. The molecule has 0 unspecified atom stereocenters. The third-order valence-electron chi connectivity index (χ3n) is 6.34. The van der Waals surface area contributed by atoms with Crippen molar-refractivity contribution in [3.63, 3.8) is 0 Å². The smallest absolute Gasteiger partial charge is 0.198 e. The lowest BCUT2D eigenvalue weighted by Crippen LogP contribution is -2.36. The Hall–Kier alpha value is -2.93. The van der Waals surface area contributed by atoms with Gasteiger partial charge in [0.05, 0.1) is 5.39 Å². The van der Waals surface area contributed by atoms with Crippen molar-refractivity contribution in [2.45, 2.75) is 40.5 Å². The summed E-state index contributed by atoms with van der Waals surface area (Å²) in [7, 11) is 2.19. The Labute approximate surface area is 174 Å². The van der Waals surface area contributed by atoms with Crippen LogP contribution in [0.4, 0.5) is 0 Å². The van der Waals surface area contributed by atoms with Crippen molar-refractivity contribution in [1.29, 1.82) is 0 Å². The predicted octanol–water partition coefficient (Wildman–Crippen LogP) is 7.05.